The van der Waals surface area contributed by atoms with Crippen LogP contribution >= 0.6 is 0 Å². The predicted octanol–water partition coefficient (Wildman–Crippen LogP) is 0.568. The standard InChI is InChI=1S/C21H27N5O4/c27-6-4-16-10-26(24-23-16)11-17-8-15-3-5-25(17)12-18(15)21(28)22-9-14-1-2-19-20(7-14)30-13-29-19/h1-2,7,10,15,17-18,27H,3-6,8-9,11-13H2,(H,22,28)/t15-,17+,18+/m0/s1. The molecule has 2 aromatic rings. The summed E-state index contributed by atoms with van der Waals surface area (Å²) < 4.78 is 12.6. The highest BCUT2D eigenvalue weighted by atomic mass is 16.7. The third-order valence-electron chi connectivity index (χ3n) is 6.47. The Balaban J connectivity index is 1.16. The lowest BCUT2D eigenvalue weighted by atomic mass is 9.75. The zero-order chi connectivity index (χ0) is 20.5. The fraction of sp³-hybridized carbons (Fsp3) is 0.571. The van der Waals surface area contributed by atoms with Crippen molar-refractivity contribution in [2.45, 2.75) is 38.4 Å². The lowest BCUT2D eigenvalue weighted by Gasteiger charge is -2.49. The van der Waals surface area contributed by atoms with Crippen LogP contribution < -0.4 is 14.8 Å². The predicted molar refractivity (Wildman–Crippen MR) is 107 cm³/mol. The number of ether oxygens (including phenoxy) is 2. The average molecular weight is 413 g/mol. The van der Waals surface area contributed by atoms with E-state index in [0.29, 0.717) is 24.9 Å². The van der Waals surface area contributed by atoms with Gasteiger partial charge in [-0.3, -0.25) is 14.4 Å². The molecule has 1 aromatic heterocycles. The molecule has 0 saturated carbocycles. The molecule has 6 rings (SSSR count). The number of piperidine rings is 3. The molecule has 0 radical (unpaired) electrons. The van der Waals surface area contributed by atoms with Gasteiger partial charge in [0.1, 0.15) is 0 Å². The van der Waals surface area contributed by atoms with Gasteiger partial charge in [-0.05, 0) is 43.0 Å². The maximum atomic E-state index is 12.9. The summed E-state index contributed by atoms with van der Waals surface area (Å²) in [7, 11) is 0. The van der Waals surface area contributed by atoms with Gasteiger partial charge < -0.3 is 19.9 Å². The number of hydrogen-bond acceptors (Lipinski definition) is 7. The highest BCUT2D eigenvalue weighted by molar-refractivity contribution is 5.79. The Morgan fingerprint density at radius 3 is 3.03 bits per heavy atom. The van der Waals surface area contributed by atoms with E-state index in [9.17, 15) is 4.79 Å². The fourth-order valence-electron chi connectivity index (χ4n) is 4.87. The maximum Gasteiger partial charge on any atom is 0.231 e. The van der Waals surface area contributed by atoms with Crippen LogP contribution in [0.25, 0.3) is 0 Å². The van der Waals surface area contributed by atoms with Crippen LogP contribution in [0.2, 0.25) is 0 Å². The van der Waals surface area contributed by atoms with Gasteiger partial charge in [0.2, 0.25) is 12.7 Å². The van der Waals surface area contributed by atoms with Gasteiger partial charge in [-0.15, -0.1) is 5.10 Å². The molecule has 9 nitrogen and oxygen atoms in total. The smallest absolute Gasteiger partial charge is 0.231 e. The van der Waals surface area contributed by atoms with Crippen molar-refractivity contribution in [3.8, 4) is 11.5 Å². The number of rotatable bonds is 7. The van der Waals surface area contributed by atoms with E-state index in [1.54, 1.807) is 0 Å². The first-order chi connectivity index (χ1) is 14.7. The number of fused-ring (bicyclic) bond motifs is 4. The molecule has 1 amide bonds. The summed E-state index contributed by atoms with van der Waals surface area (Å²) in [4.78, 5) is 15.3. The van der Waals surface area contributed by atoms with Gasteiger partial charge in [-0.25, -0.2) is 0 Å². The van der Waals surface area contributed by atoms with Crippen LogP contribution in [0.3, 0.4) is 0 Å². The first kappa shape index (κ1) is 19.3. The number of carbonyl (C=O) groups excluding carboxylic acids is 1. The Morgan fingerprint density at radius 2 is 2.20 bits per heavy atom. The van der Waals surface area contributed by atoms with E-state index in [-0.39, 0.29) is 25.2 Å². The molecule has 0 aliphatic carbocycles. The fourth-order valence-corrected chi connectivity index (χ4v) is 4.87. The summed E-state index contributed by atoms with van der Waals surface area (Å²) in [5.41, 5.74) is 1.82. The van der Waals surface area contributed by atoms with Crippen molar-refractivity contribution in [2.24, 2.45) is 11.8 Å². The molecule has 2 bridgehead atoms. The molecule has 30 heavy (non-hydrogen) atoms. The molecule has 3 fully saturated rings. The van der Waals surface area contributed by atoms with Gasteiger partial charge in [0.25, 0.3) is 0 Å². The van der Waals surface area contributed by atoms with Gasteiger partial charge in [0.15, 0.2) is 11.5 Å². The van der Waals surface area contributed by atoms with Crippen molar-refractivity contribution < 1.29 is 19.4 Å². The summed E-state index contributed by atoms with van der Waals surface area (Å²) in [5.74, 6) is 2.06. The molecular formula is C21H27N5O4. The zero-order valence-electron chi connectivity index (χ0n) is 16.9. The molecule has 0 spiro atoms. The van der Waals surface area contributed by atoms with Gasteiger partial charge in [-0.2, -0.15) is 0 Å². The monoisotopic (exact) mass is 413 g/mol. The number of nitrogens with zero attached hydrogens (tertiary/aromatic N) is 4. The van der Waals surface area contributed by atoms with Crippen LogP contribution in [0, 0.1) is 11.8 Å². The molecule has 4 aliphatic heterocycles. The quantitative estimate of drug-likeness (QED) is 0.684. The SMILES string of the molecule is O=C(NCc1ccc2c(c1)OCO2)[C@@H]1CN2CC[C@H]1C[C@@H]2Cn1cc(CCO)nn1. The van der Waals surface area contributed by atoms with E-state index in [4.69, 9.17) is 14.6 Å². The Morgan fingerprint density at radius 1 is 1.30 bits per heavy atom. The Labute approximate surface area is 175 Å². The van der Waals surface area contributed by atoms with Crippen molar-refractivity contribution in [3.63, 3.8) is 0 Å². The number of amides is 1. The van der Waals surface area contributed by atoms with Gasteiger partial charge in [-0.1, -0.05) is 11.3 Å². The van der Waals surface area contributed by atoms with E-state index < -0.39 is 0 Å². The second-order valence-electron chi connectivity index (χ2n) is 8.35. The first-order valence-electron chi connectivity index (χ1n) is 10.6. The van der Waals surface area contributed by atoms with Crippen LogP contribution in [0.4, 0.5) is 0 Å². The van der Waals surface area contributed by atoms with Gasteiger partial charge in [0.05, 0.1) is 18.2 Å². The van der Waals surface area contributed by atoms with Crippen LogP contribution in [0.1, 0.15) is 24.1 Å². The highest BCUT2D eigenvalue weighted by Crippen LogP contribution is 2.37. The zero-order valence-corrected chi connectivity index (χ0v) is 16.9. The molecule has 4 aliphatic rings. The van der Waals surface area contributed by atoms with Crippen molar-refractivity contribution in [2.75, 3.05) is 26.5 Å². The van der Waals surface area contributed by atoms with Crippen LogP contribution in [0.15, 0.2) is 24.4 Å². The second kappa shape index (κ2) is 8.23. The van der Waals surface area contributed by atoms with Crippen molar-refractivity contribution >= 4 is 5.91 Å². The topological polar surface area (TPSA) is 102 Å². The third kappa shape index (κ3) is 3.87. The molecular weight excluding hydrogens is 386 g/mol. The summed E-state index contributed by atoms with van der Waals surface area (Å²) in [6.45, 7) is 3.43. The van der Waals surface area contributed by atoms with Gasteiger partial charge >= 0.3 is 0 Å². The molecule has 160 valence electrons. The van der Waals surface area contributed by atoms with Crippen molar-refractivity contribution in [3.05, 3.63) is 35.7 Å². The normalized spacial score (nSPS) is 26.7. The minimum absolute atomic E-state index is 0.0321. The van der Waals surface area contributed by atoms with Gasteiger partial charge in [0, 0.05) is 38.4 Å². The molecule has 9 heteroatoms. The third-order valence-corrected chi connectivity index (χ3v) is 6.47. The minimum atomic E-state index is 0.0321. The van der Waals surface area contributed by atoms with E-state index in [2.05, 4.69) is 20.5 Å². The summed E-state index contributed by atoms with van der Waals surface area (Å²) in [6, 6.07) is 6.16. The number of hydrogen-bond donors (Lipinski definition) is 2. The summed E-state index contributed by atoms with van der Waals surface area (Å²) >= 11 is 0. The number of aliphatic hydroxyl groups excluding tert-OH is 1. The first-order valence-corrected chi connectivity index (χ1v) is 10.6. The van der Waals surface area contributed by atoms with E-state index in [1.807, 2.05) is 29.1 Å². The van der Waals surface area contributed by atoms with Crippen LogP contribution in [0.5, 0.6) is 11.5 Å². The lowest BCUT2D eigenvalue weighted by Crippen LogP contribution is -2.58. The molecule has 4 atom stereocenters. The highest BCUT2D eigenvalue weighted by Gasteiger charge is 2.43. The maximum absolute atomic E-state index is 12.9. The van der Waals surface area contributed by atoms with Crippen molar-refractivity contribution in [1.82, 2.24) is 25.2 Å². The Kier molecular flexibility index (Phi) is 5.30. The van der Waals surface area contributed by atoms with E-state index in [1.165, 1.54) is 0 Å². The average Bonchev–Trinajstić information content (AvgIpc) is 3.41. The second-order valence-corrected chi connectivity index (χ2v) is 8.35. The molecule has 1 aromatic carbocycles. The summed E-state index contributed by atoms with van der Waals surface area (Å²) in [5, 5.41) is 20.4. The van der Waals surface area contributed by atoms with E-state index >= 15 is 0 Å². The largest absolute Gasteiger partial charge is 0.454 e. The molecule has 5 heterocycles. The number of carbonyl (C=O) groups is 1. The number of benzene rings is 1. The van der Waals surface area contributed by atoms with E-state index in [0.717, 1.165) is 55.2 Å². The minimum Gasteiger partial charge on any atom is -0.454 e. The van der Waals surface area contributed by atoms with Crippen molar-refractivity contribution in [1.29, 1.82) is 0 Å². The van der Waals surface area contributed by atoms with Crippen LogP contribution in [-0.4, -0.2) is 63.4 Å². The van der Waals surface area contributed by atoms with Crippen LogP contribution in [-0.2, 0) is 24.3 Å². The number of aliphatic hydroxyl groups is 1. The molecule has 2 N–H and O–H groups in total. The molecule has 3 saturated heterocycles. The summed E-state index contributed by atoms with van der Waals surface area (Å²) in [6.07, 6.45) is 4.50. The molecule has 1 unspecified atom stereocenters. The number of aromatic nitrogens is 3. The number of nitrogens with one attached hydrogen (secondary N) is 1. The Bertz CT molecular complexity index is 917. The Hall–Kier alpha value is -2.65. The lowest BCUT2D eigenvalue weighted by molar-refractivity contribution is -0.133.